The Bertz CT molecular complexity index is 923. The van der Waals surface area contributed by atoms with Gasteiger partial charge in [0.15, 0.2) is 0 Å². The Morgan fingerprint density at radius 2 is 1.79 bits per heavy atom. The van der Waals surface area contributed by atoms with E-state index in [9.17, 15) is 14.7 Å². The molecule has 4 fully saturated rings. The highest BCUT2D eigenvalue weighted by molar-refractivity contribution is 5.87. The van der Waals surface area contributed by atoms with Gasteiger partial charge in [-0.25, -0.2) is 9.59 Å². The molecule has 4 aliphatic rings. The number of ether oxygens (including phenoxy) is 1. The first-order valence-corrected chi connectivity index (χ1v) is 10.7. The molecule has 6 rings (SSSR count). The van der Waals surface area contributed by atoms with Crippen molar-refractivity contribution in [3.63, 3.8) is 0 Å². The molecule has 6 heteroatoms. The van der Waals surface area contributed by atoms with E-state index in [2.05, 4.69) is 10.3 Å². The molecule has 0 spiro atoms. The highest BCUT2D eigenvalue weighted by atomic mass is 16.6. The van der Waals surface area contributed by atoms with Crippen molar-refractivity contribution >= 4 is 23.0 Å². The summed E-state index contributed by atoms with van der Waals surface area (Å²) in [6.07, 6.45) is 7.27. The number of carbonyl (C=O) groups is 2. The van der Waals surface area contributed by atoms with E-state index in [1.807, 2.05) is 30.5 Å². The maximum atomic E-state index is 12.7. The standard InChI is InChI=1S/C23H28N2O4/c1-23(21(26)27,11-17-12-24-19-5-3-2-4-18(17)19)25-22(28)29-20-15-7-13-6-14(9-15)10-16(20)8-13/h2-5,12-16,20,24H,6-11H2,1H3,(H,25,28)(H,26,27)/t13?,14?,15?,16?,20?,23-/m1/s1. The predicted molar refractivity (Wildman–Crippen MR) is 108 cm³/mol. The maximum absolute atomic E-state index is 12.7. The van der Waals surface area contributed by atoms with Gasteiger partial charge in [-0.05, 0) is 74.3 Å². The monoisotopic (exact) mass is 396 g/mol. The lowest BCUT2D eigenvalue weighted by atomic mass is 9.55. The molecule has 154 valence electrons. The van der Waals surface area contributed by atoms with Crippen LogP contribution in [0.25, 0.3) is 10.9 Å². The summed E-state index contributed by atoms with van der Waals surface area (Å²) in [6, 6.07) is 7.76. The molecule has 2 aromatic rings. The Morgan fingerprint density at radius 1 is 1.14 bits per heavy atom. The van der Waals surface area contributed by atoms with Crippen LogP contribution in [0.5, 0.6) is 0 Å². The molecule has 6 nitrogen and oxygen atoms in total. The molecule has 1 aromatic heterocycles. The van der Waals surface area contributed by atoms with Gasteiger partial charge in [-0.3, -0.25) is 0 Å². The fraction of sp³-hybridized carbons (Fsp3) is 0.565. The van der Waals surface area contributed by atoms with Crippen LogP contribution in [0.4, 0.5) is 4.79 Å². The van der Waals surface area contributed by atoms with Crippen LogP contribution in [-0.2, 0) is 16.0 Å². The lowest BCUT2D eigenvalue weighted by Crippen LogP contribution is -2.56. The number of aromatic amines is 1. The van der Waals surface area contributed by atoms with E-state index < -0.39 is 17.6 Å². The van der Waals surface area contributed by atoms with Crippen LogP contribution >= 0.6 is 0 Å². The van der Waals surface area contributed by atoms with Crippen molar-refractivity contribution in [3.8, 4) is 0 Å². The second kappa shape index (κ2) is 6.78. The van der Waals surface area contributed by atoms with E-state index in [4.69, 9.17) is 4.74 Å². The van der Waals surface area contributed by atoms with Crippen LogP contribution < -0.4 is 5.32 Å². The van der Waals surface area contributed by atoms with Crippen molar-refractivity contribution in [1.82, 2.24) is 10.3 Å². The van der Waals surface area contributed by atoms with Crippen molar-refractivity contribution in [1.29, 1.82) is 0 Å². The minimum Gasteiger partial charge on any atom is -0.480 e. The largest absolute Gasteiger partial charge is 0.480 e. The minimum atomic E-state index is -1.44. The first-order valence-electron chi connectivity index (χ1n) is 10.7. The third-order valence-electron chi connectivity index (χ3n) is 7.45. The maximum Gasteiger partial charge on any atom is 0.408 e. The van der Waals surface area contributed by atoms with Crippen LogP contribution in [0.1, 0.15) is 44.6 Å². The number of fused-ring (bicyclic) bond motifs is 1. The number of hydrogen-bond acceptors (Lipinski definition) is 3. The third kappa shape index (κ3) is 3.28. The Kier molecular flexibility index (Phi) is 4.33. The van der Waals surface area contributed by atoms with Crippen molar-refractivity contribution in [2.45, 2.75) is 57.1 Å². The molecule has 29 heavy (non-hydrogen) atoms. The number of carboxylic acid groups (broad SMARTS) is 1. The number of alkyl carbamates (subject to hydrolysis) is 1. The molecule has 1 heterocycles. The number of carbonyl (C=O) groups excluding carboxylic acids is 1. The Labute approximate surface area is 170 Å². The average molecular weight is 396 g/mol. The van der Waals surface area contributed by atoms with Crippen molar-refractivity contribution in [3.05, 3.63) is 36.0 Å². The fourth-order valence-corrected chi connectivity index (χ4v) is 6.28. The summed E-state index contributed by atoms with van der Waals surface area (Å²) < 4.78 is 5.86. The SMILES string of the molecule is C[C@](Cc1c[nH]c2ccccc12)(NC(=O)OC1C2CC3CC(C2)CC1C3)C(=O)O. The van der Waals surface area contributed by atoms with Gasteiger partial charge in [0.1, 0.15) is 11.6 Å². The smallest absolute Gasteiger partial charge is 0.408 e. The number of aromatic nitrogens is 1. The summed E-state index contributed by atoms with van der Waals surface area (Å²) >= 11 is 0. The Balaban J connectivity index is 1.30. The van der Waals surface area contributed by atoms with Crippen LogP contribution in [0.3, 0.4) is 0 Å². The van der Waals surface area contributed by atoms with Gasteiger partial charge in [0.25, 0.3) is 0 Å². The number of amides is 1. The summed E-state index contributed by atoms with van der Waals surface area (Å²) in [5.74, 6) is 1.42. The fourth-order valence-electron chi connectivity index (χ4n) is 6.28. The molecule has 4 saturated carbocycles. The van der Waals surface area contributed by atoms with Crippen molar-refractivity contribution in [2.75, 3.05) is 0 Å². The lowest BCUT2D eigenvalue weighted by Gasteiger charge is -2.53. The molecule has 4 aliphatic carbocycles. The van der Waals surface area contributed by atoms with Gasteiger partial charge in [0.2, 0.25) is 0 Å². The first-order chi connectivity index (χ1) is 13.9. The number of hydrogen-bond donors (Lipinski definition) is 3. The van der Waals surface area contributed by atoms with E-state index in [0.717, 1.165) is 54.0 Å². The third-order valence-corrected chi connectivity index (χ3v) is 7.45. The van der Waals surface area contributed by atoms with Gasteiger partial charge in [-0.1, -0.05) is 18.2 Å². The summed E-state index contributed by atoms with van der Waals surface area (Å²) in [5.41, 5.74) is 0.375. The van der Waals surface area contributed by atoms with E-state index in [-0.39, 0.29) is 12.5 Å². The molecule has 0 saturated heterocycles. The lowest BCUT2D eigenvalue weighted by molar-refractivity contribution is -0.144. The zero-order chi connectivity index (χ0) is 20.2. The molecule has 1 aromatic carbocycles. The molecule has 1 atom stereocenters. The van der Waals surface area contributed by atoms with Gasteiger partial charge in [-0.2, -0.15) is 0 Å². The summed E-state index contributed by atoms with van der Waals surface area (Å²) in [4.78, 5) is 28.0. The number of nitrogens with one attached hydrogen (secondary N) is 2. The normalized spacial score (nSPS) is 32.1. The van der Waals surface area contributed by atoms with Gasteiger partial charge in [-0.15, -0.1) is 0 Å². The van der Waals surface area contributed by atoms with Crippen LogP contribution in [-0.4, -0.2) is 33.8 Å². The number of aliphatic carboxylic acids is 1. The minimum absolute atomic E-state index is 0.0612. The summed E-state index contributed by atoms with van der Waals surface area (Å²) in [5, 5.41) is 13.5. The van der Waals surface area contributed by atoms with Crippen LogP contribution in [0.15, 0.2) is 30.5 Å². The van der Waals surface area contributed by atoms with E-state index in [0.29, 0.717) is 11.8 Å². The molecule has 4 bridgehead atoms. The molecule has 0 unspecified atom stereocenters. The van der Waals surface area contributed by atoms with Crippen molar-refractivity contribution in [2.24, 2.45) is 23.7 Å². The zero-order valence-electron chi connectivity index (χ0n) is 16.7. The summed E-state index contributed by atoms with van der Waals surface area (Å²) in [6.45, 7) is 1.55. The number of rotatable bonds is 5. The van der Waals surface area contributed by atoms with Gasteiger partial charge in [0, 0.05) is 23.5 Å². The van der Waals surface area contributed by atoms with Gasteiger partial charge < -0.3 is 20.1 Å². The zero-order valence-corrected chi connectivity index (χ0v) is 16.7. The molecule has 1 amide bonds. The highest BCUT2D eigenvalue weighted by Gasteiger charge is 2.50. The second-order valence-corrected chi connectivity index (χ2v) is 9.60. The molecular formula is C23H28N2O4. The Hall–Kier alpha value is -2.50. The number of para-hydroxylation sites is 1. The second-order valence-electron chi connectivity index (χ2n) is 9.60. The van der Waals surface area contributed by atoms with Crippen LogP contribution in [0, 0.1) is 23.7 Å². The number of H-pyrrole nitrogens is 1. The number of carboxylic acids is 1. The van der Waals surface area contributed by atoms with E-state index in [1.54, 1.807) is 6.92 Å². The number of benzene rings is 1. The first kappa shape index (κ1) is 18.5. The van der Waals surface area contributed by atoms with Gasteiger partial charge in [0.05, 0.1) is 0 Å². The van der Waals surface area contributed by atoms with Crippen molar-refractivity contribution < 1.29 is 19.4 Å². The quantitative estimate of drug-likeness (QED) is 0.709. The average Bonchev–Trinajstić information content (AvgIpc) is 3.07. The van der Waals surface area contributed by atoms with E-state index >= 15 is 0 Å². The molecular weight excluding hydrogens is 368 g/mol. The molecule has 0 aliphatic heterocycles. The predicted octanol–water partition coefficient (Wildman–Crippen LogP) is 4.10. The topological polar surface area (TPSA) is 91.4 Å². The summed E-state index contributed by atoms with van der Waals surface area (Å²) in [7, 11) is 0. The highest BCUT2D eigenvalue weighted by Crippen LogP contribution is 2.54. The molecule has 3 N–H and O–H groups in total. The molecule has 0 radical (unpaired) electrons. The van der Waals surface area contributed by atoms with Gasteiger partial charge >= 0.3 is 12.1 Å². The van der Waals surface area contributed by atoms with E-state index in [1.165, 1.54) is 6.42 Å². The Morgan fingerprint density at radius 3 is 2.45 bits per heavy atom. The van der Waals surface area contributed by atoms with Crippen LogP contribution in [0.2, 0.25) is 0 Å².